The van der Waals surface area contributed by atoms with E-state index in [0.29, 0.717) is 0 Å². The lowest BCUT2D eigenvalue weighted by Gasteiger charge is -2.16. The highest BCUT2D eigenvalue weighted by atomic mass is 16.5. The van der Waals surface area contributed by atoms with Crippen molar-refractivity contribution in [2.24, 2.45) is 0 Å². The number of hydrogen-bond acceptors (Lipinski definition) is 3. The highest BCUT2D eigenvalue weighted by Crippen LogP contribution is 2.18. The van der Waals surface area contributed by atoms with Gasteiger partial charge in [0.1, 0.15) is 11.8 Å². The van der Waals surface area contributed by atoms with Crippen LogP contribution < -0.4 is 15.4 Å². The van der Waals surface area contributed by atoms with Gasteiger partial charge in [0.2, 0.25) is 5.91 Å². The Morgan fingerprint density at radius 3 is 2.50 bits per heavy atom. The van der Waals surface area contributed by atoms with E-state index >= 15 is 0 Å². The van der Waals surface area contributed by atoms with Gasteiger partial charge in [0.15, 0.2) is 0 Å². The van der Waals surface area contributed by atoms with Gasteiger partial charge in [0, 0.05) is 17.4 Å². The normalized spacial score (nSPS) is 11.6. The molecule has 4 heteroatoms. The Kier molecular flexibility index (Phi) is 5.42. The molecule has 2 rings (SSSR count). The molecule has 0 aliphatic heterocycles. The number of rotatable bonds is 6. The molecule has 0 heterocycles. The summed E-state index contributed by atoms with van der Waals surface area (Å²) in [7, 11) is 1.62. The van der Waals surface area contributed by atoms with Crippen LogP contribution in [0.2, 0.25) is 0 Å². The summed E-state index contributed by atoms with van der Waals surface area (Å²) < 4.78 is 5.17. The van der Waals surface area contributed by atoms with Crippen LogP contribution in [0.3, 0.4) is 0 Å². The number of carbonyl (C=O) groups excluding carboxylic acids is 1. The van der Waals surface area contributed by atoms with Crippen LogP contribution >= 0.6 is 0 Å². The van der Waals surface area contributed by atoms with Gasteiger partial charge >= 0.3 is 0 Å². The van der Waals surface area contributed by atoms with Crippen molar-refractivity contribution in [3.63, 3.8) is 0 Å². The standard InChI is InChI=1S/C18H22N2O2/c1-4-14-8-10-15(11-9-14)20-18(21)13(2)19-16-6-5-7-17(12-16)22-3/h5-13,19H,4H2,1-3H3,(H,20,21). The van der Waals surface area contributed by atoms with Crippen LogP contribution in [0.1, 0.15) is 19.4 Å². The first kappa shape index (κ1) is 15.9. The number of aryl methyl sites for hydroxylation is 1. The number of carbonyl (C=O) groups is 1. The molecule has 2 aromatic rings. The van der Waals surface area contributed by atoms with Crippen molar-refractivity contribution < 1.29 is 9.53 Å². The summed E-state index contributed by atoms with van der Waals surface area (Å²) in [4.78, 5) is 12.2. The lowest BCUT2D eigenvalue weighted by molar-refractivity contribution is -0.116. The molecule has 0 fully saturated rings. The van der Waals surface area contributed by atoms with E-state index in [1.54, 1.807) is 7.11 Å². The molecule has 22 heavy (non-hydrogen) atoms. The highest BCUT2D eigenvalue weighted by Gasteiger charge is 2.13. The van der Waals surface area contributed by atoms with Crippen LogP contribution in [0, 0.1) is 0 Å². The summed E-state index contributed by atoms with van der Waals surface area (Å²) >= 11 is 0. The summed E-state index contributed by atoms with van der Waals surface area (Å²) in [6.45, 7) is 3.93. The Hall–Kier alpha value is -2.49. The van der Waals surface area contributed by atoms with Crippen molar-refractivity contribution in [2.45, 2.75) is 26.3 Å². The first-order valence-electron chi connectivity index (χ1n) is 7.42. The molecule has 0 aromatic heterocycles. The number of methoxy groups -OCH3 is 1. The van der Waals surface area contributed by atoms with Gasteiger partial charge < -0.3 is 15.4 Å². The molecule has 0 radical (unpaired) electrons. The van der Waals surface area contributed by atoms with E-state index < -0.39 is 0 Å². The quantitative estimate of drug-likeness (QED) is 0.855. The van der Waals surface area contributed by atoms with Crippen LogP contribution in [0.25, 0.3) is 0 Å². The summed E-state index contributed by atoms with van der Waals surface area (Å²) in [6, 6.07) is 15.1. The molecule has 1 atom stereocenters. The maximum atomic E-state index is 12.2. The van der Waals surface area contributed by atoms with Crippen molar-refractivity contribution in [1.29, 1.82) is 0 Å². The zero-order valence-corrected chi connectivity index (χ0v) is 13.2. The van der Waals surface area contributed by atoms with Gasteiger partial charge in [-0.1, -0.05) is 25.1 Å². The Bertz CT molecular complexity index is 623. The Morgan fingerprint density at radius 1 is 1.14 bits per heavy atom. The number of ether oxygens (including phenoxy) is 1. The number of anilines is 2. The van der Waals surface area contributed by atoms with E-state index in [0.717, 1.165) is 23.5 Å². The average Bonchev–Trinajstić information content (AvgIpc) is 2.55. The van der Waals surface area contributed by atoms with Gasteiger partial charge in [-0.05, 0) is 43.2 Å². The fourth-order valence-corrected chi connectivity index (χ4v) is 2.10. The molecule has 0 spiro atoms. The number of nitrogens with one attached hydrogen (secondary N) is 2. The second-order valence-corrected chi connectivity index (χ2v) is 5.14. The van der Waals surface area contributed by atoms with Crippen LogP contribution in [-0.2, 0) is 11.2 Å². The van der Waals surface area contributed by atoms with Crippen molar-refractivity contribution in [1.82, 2.24) is 0 Å². The molecule has 0 bridgehead atoms. The molecule has 1 unspecified atom stereocenters. The zero-order valence-electron chi connectivity index (χ0n) is 13.2. The molecular formula is C18H22N2O2. The molecule has 2 aromatic carbocycles. The van der Waals surface area contributed by atoms with Gasteiger partial charge in [-0.15, -0.1) is 0 Å². The van der Waals surface area contributed by atoms with Gasteiger partial charge in [-0.3, -0.25) is 4.79 Å². The second kappa shape index (κ2) is 7.50. The summed E-state index contributed by atoms with van der Waals surface area (Å²) in [5, 5.41) is 6.08. The Labute approximate surface area is 131 Å². The molecule has 116 valence electrons. The smallest absolute Gasteiger partial charge is 0.246 e. The van der Waals surface area contributed by atoms with E-state index in [2.05, 4.69) is 17.6 Å². The predicted molar refractivity (Wildman–Crippen MR) is 90.5 cm³/mol. The molecule has 4 nitrogen and oxygen atoms in total. The first-order chi connectivity index (χ1) is 10.6. The topological polar surface area (TPSA) is 50.4 Å². The molecule has 0 aliphatic carbocycles. The maximum Gasteiger partial charge on any atom is 0.246 e. The number of hydrogen-bond donors (Lipinski definition) is 2. The fourth-order valence-electron chi connectivity index (χ4n) is 2.10. The molecule has 1 amide bonds. The third-order valence-electron chi connectivity index (χ3n) is 3.48. The van der Waals surface area contributed by atoms with Crippen molar-refractivity contribution in [3.8, 4) is 5.75 Å². The molecule has 0 saturated heterocycles. The Balaban J connectivity index is 1.96. The minimum atomic E-state index is -0.349. The minimum Gasteiger partial charge on any atom is -0.497 e. The molecule has 0 aliphatic rings. The second-order valence-electron chi connectivity index (χ2n) is 5.14. The lowest BCUT2D eigenvalue weighted by atomic mass is 10.1. The summed E-state index contributed by atoms with van der Waals surface area (Å²) in [6.07, 6.45) is 0.988. The SMILES string of the molecule is CCc1ccc(NC(=O)C(C)Nc2cccc(OC)c2)cc1. The monoisotopic (exact) mass is 298 g/mol. The minimum absolute atomic E-state index is 0.0768. The van der Waals surface area contributed by atoms with E-state index in [-0.39, 0.29) is 11.9 Å². The summed E-state index contributed by atoms with van der Waals surface area (Å²) in [5.74, 6) is 0.680. The van der Waals surface area contributed by atoms with E-state index in [4.69, 9.17) is 4.74 Å². The highest BCUT2D eigenvalue weighted by molar-refractivity contribution is 5.96. The lowest BCUT2D eigenvalue weighted by Crippen LogP contribution is -2.31. The maximum absolute atomic E-state index is 12.2. The van der Waals surface area contributed by atoms with E-state index in [1.165, 1.54) is 5.56 Å². The average molecular weight is 298 g/mol. The van der Waals surface area contributed by atoms with Crippen LogP contribution in [0.15, 0.2) is 48.5 Å². The molecular weight excluding hydrogens is 276 g/mol. The van der Waals surface area contributed by atoms with E-state index in [1.807, 2.05) is 55.5 Å². The van der Waals surface area contributed by atoms with Crippen molar-refractivity contribution in [2.75, 3.05) is 17.7 Å². The van der Waals surface area contributed by atoms with Gasteiger partial charge in [-0.25, -0.2) is 0 Å². The fraction of sp³-hybridized carbons (Fsp3) is 0.278. The zero-order chi connectivity index (χ0) is 15.9. The molecule has 2 N–H and O–H groups in total. The van der Waals surface area contributed by atoms with Crippen molar-refractivity contribution in [3.05, 3.63) is 54.1 Å². The van der Waals surface area contributed by atoms with Gasteiger partial charge in [0.25, 0.3) is 0 Å². The van der Waals surface area contributed by atoms with Crippen LogP contribution in [0.5, 0.6) is 5.75 Å². The summed E-state index contributed by atoms with van der Waals surface area (Å²) in [5.41, 5.74) is 2.91. The van der Waals surface area contributed by atoms with E-state index in [9.17, 15) is 4.79 Å². The third-order valence-corrected chi connectivity index (χ3v) is 3.48. The first-order valence-corrected chi connectivity index (χ1v) is 7.42. The van der Waals surface area contributed by atoms with Crippen molar-refractivity contribution >= 4 is 17.3 Å². The van der Waals surface area contributed by atoms with Crippen LogP contribution in [0.4, 0.5) is 11.4 Å². The predicted octanol–water partition coefficient (Wildman–Crippen LogP) is 3.70. The van der Waals surface area contributed by atoms with Gasteiger partial charge in [0.05, 0.1) is 7.11 Å². The third kappa shape index (κ3) is 4.25. The van der Waals surface area contributed by atoms with Gasteiger partial charge in [-0.2, -0.15) is 0 Å². The molecule has 0 saturated carbocycles. The largest absolute Gasteiger partial charge is 0.497 e. The number of benzene rings is 2. The number of amides is 1. The Morgan fingerprint density at radius 2 is 1.86 bits per heavy atom. The van der Waals surface area contributed by atoms with Crippen LogP contribution in [-0.4, -0.2) is 19.1 Å².